The van der Waals surface area contributed by atoms with Gasteiger partial charge in [0.2, 0.25) is 0 Å². The van der Waals surface area contributed by atoms with Crippen LogP contribution in [0.3, 0.4) is 0 Å². The van der Waals surface area contributed by atoms with Crippen LogP contribution in [0, 0.1) is 0 Å². The van der Waals surface area contributed by atoms with E-state index < -0.39 is 16.1 Å². The minimum Gasteiger partial charge on any atom is -0.237 e. The van der Waals surface area contributed by atoms with E-state index in [1.807, 2.05) is 0 Å². The van der Waals surface area contributed by atoms with Crippen molar-refractivity contribution in [1.29, 1.82) is 0 Å². The van der Waals surface area contributed by atoms with Crippen LogP contribution >= 0.6 is 24.1 Å². The molecule has 160 valence electrons. The second-order valence-electron chi connectivity index (χ2n) is 7.91. The van der Waals surface area contributed by atoms with Crippen LogP contribution in [0.4, 0.5) is 0 Å². The SMILES string of the molecule is CC[Si](CC)(CC)c1ccccc1SOSc1ccccc1[Si](CC)(CC)CC. The second-order valence-corrected chi connectivity index (χ2v) is 20.1. The quantitative estimate of drug-likeness (QED) is 0.235. The van der Waals surface area contributed by atoms with Gasteiger partial charge in [-0.2, -0.15) is 0 Å². The van der Waals surface area contributed by atoms with Crippen molar-refractivity contribution in [2.24, 2.45) is 0 Å². The zero-order chi connectivity index (χ0) is 21.3. The van der Waals surface area contributed by atoms with Crippen LogP contribution < -0.4 is 10.4 Å². The lowest BCUT2D eigenvalue weighted by Gasteiger charge is -2.31. The van der Waals surface area contributed by atoms with Gasteiger partial charge in [0.15, 0.2) is 0 Å². The van der Waals surface area contributed by atoms with E-state index in [-0.39, 0.29) is 0 Å². The average Bonchev–Trinajstić information content (AvgIpc) is 2.79. The third-order valence-electron chi connectivity index (χ3n) is 7.23. The smallest absolute Gasteiger partial charge is 0.0874 e. The first-order chi connectivity index (χ1) is 14.1. The van der Waals surface area contributed by atoms with Crippen LogP contribution in [0.1, 0.15) is 41.5 Å². The Hall–Kier alpha value is -0.466. The molecule has 0 unspecified atom stereocenters. The molecule has 1 nitrogen and oxygen atoms in total. The molecule has 29 heavy (non-hydrogen) atoms. The molecule has 0 fully saturated rings. The molecular formula is C24H38OS2Si2. The highest BCUT2D eigenvalue weighted by Crippen LogP contribution is 2.33. The fourth-order valence-electron chi connectivity index (χ4n) is 4.69. The molecule has 0 radical (unpaired) electrons. The van der Waals surface area contributed by atoms with Gasteiger partial charge in [-0.25, -0.2) is 3.63 Å². The van der Waals surface area contributed by atoms with E-state index in [1.54, 1.807) is 34.5 Å². The van der Waals surface area contributed by atoms with Gasteiger partial charge in [0, 0.05) is 33.9 Å². The van der Waals surface area contributed by atoms with Crippen LogP contribution in [0.2, 0.25) is 36.3 Å². The monoisotopic (exact) mass is 462 g/mol. The van der Waals surface area contributed by atoms with Crippen molar-refractivity contribution < 1.29 is 3.63 Å². The molecule has 2 aromatic carbocycles. The second kappa shape index (κ2) is 11.8. The van der Waals surface area contributed by atoms with Crippen molar-refractivity contribution in [2.75, 3.05) is 0 Å². The number of benzene rings is 2. The van der Waals surface area contributed by atoms with E-state index in [2.05, 4.69) is 90.1 Å². The Morgan fingerprint density at radius 2 is 0.862 bits per heavy atom. The first-order valence-electron chi connectivity index (χ1n) is 11.3. The van der Waals surface area contributed by atoms with Gasteiger partial charge in [0.1, 0.15) is 0 Å². The molecular weight excluding hydrogens is 425 g/mol. The summed E-state index contributed by atoms with van der Waals surface area (Å²) in [6, 6.07) is 25.7. The maximum Gasteiger partial charge on any atom is 0.0874 e. The third-order valence-corrected chi connectivity index (χ3v) is 20.5. The molecule has 0 aromatic heterocycles. The van der Waals surface area contributed by atoms with Crippen molar-refractivity contribution in [2.45, 2.75) is 87.6 Å². The van der Waals surface area contributed by atoms with E-state index in [4.69, 9.17) is 3.63 Å². The summed E-state index contributed by atoms with van der Waals surface area (Å²) in [6.45, 7) is 14.2. The highest BCUT2D eigenvalue weighted by atomic mass is 32.2. The zero-order valence-corrected chi connectivity index (χ0v) is 22.7. The lowest BCUT2D eigenvalue weighted by atomic mass is 10.4. The van der Waals surface area contributed by atoms with Crippen molar-refractivity contribution >= 4 is 50.6 Å². The molecule has 2 aromatic rings. The van der Waals surface area contributed by atoms with Crippen LogP contribution in [-0.2, 0) is 3.63 Å². The maximum atomic E-state index is 6.22. The number of rotatable bonds is 12. The molecule has 0 amide bonds. The Bertz CT molecular complexity index is 678. The molecule has 0 atom stereocenters. The average molecular weight is 463 g/mol. The standard InChI is InChI=1S/C24H38OS2Si2/c1-7-28(8-2,9-3)23-19-15-13-17-21(23)26-25-27-22-18-14-16-20-24(22)29(10-4,11-5)12-6/h13-20H,7-12H2,1-6H3. The van der Waals surface area contributed by atoms with E-state index in [9.17, 15) is 0 Å². The molecule has 0 N–H and O–H groups in total. The molecule has 0 saturated carbocycles. The van der Waals surface area contributed by atoms with Crippen LogP contribution in [0.5, 0.6) is 0 Å². The Morgan fingerprint density at radius 1 is 0.552 bits per heavy atom. The molecule has 0 heterocycles. The maximum absolute atomic E-state index is 6.22. The number of hydrogen-bond acceptors (Lipinski definition) is 3. The van der Waals surface area contributed by atoms with Crippen molar-refractivity contribution in [3.05, 3.63) is 48.5 Å². The van der Waals surface area contributed by atoms with E-state index >= 15 is 0 Å². The lowest BCUT2D eigenvalue weighted by molar-refractivity contribution is 0.758. The lowest BCUT2D eigenvalue weighted by Crippen LogP contribution is -2.46. The summed E-state index contributed by atoms with van der Waals surface area (Å²) in [5, 5.41) is 3.15. The first kappa shape index (κ1) is 24.8. The summed E-state index contributed by atoms with van der Waals surface area (Å²) in [7, 11) is -2.86. The molecule has 0 aliphatic carbocycles. The van der Waals surface area contributed by atoms with E-state index in [0.717, 1.165) is 0 Å². The normalized spacial score (nSPS) is 12.3. The van der Waals surface area contributed by atoms with Gasteiger partial charge in [0.25, 0.3) is 0 Å². The van der Waals surface area contributed by atoms with Gasteiger partial charge >= 0.3 is 0 Å². The van der Waals surface area contributed by atoms with Crippen molar-refractivity contribution in [1.82, 2.24) is 0 Å². The molecule has 0 bridgehead atoms. The third kappa shape index (κ3) is 5.42. The molecule has 0 aliphatic heterocycles. The van der Waals surface area contributed by atoms with Gasteiger partial charge in [0.05, 0.1) is 16.1 Å². The first-order valence-corrected chi connectivity index (χ1v) is 18.0. The summed E-state index contributed by atoms with van der Waals surface area (Å²) in [4.78, 5) is 2.64. The number of hydrogen-bond donors (Lipinski definition) is 0. The Balaban J connectivity index is 2.23. The van der Waals surface area contributed by atoms with Gasteiger partial charge in [-0.15, -0.1) is 0 Å². The van der Waals surface area contributed by atoms with E-state index in [0.29, 0.717) is 0 Å². The van der Waals surface area contributed by atoms with Gasteiger partial charge < -0.3 is 0 Å². The Kier molecular flexibility index (Phi) is 10.1. The highest BCUT2D eigenvalue weighted by molar-refractivity contribution is 8.08. The van der Waals surface area contributed by atoms with Crippen molar-refractivity contribution in [3.63, 3.8) is 0 Å². The van der Waals surface area contributed by atoms with E-state index in [1.165, 1.54) is 46.1 Å². The Morgan fingerprint density at radius 3 is 1.17 bits per heavy atom. The summed E-state index contributed by atoms with van der Waals surface area (Å²) in [6.07, 6.45) is 0. The highest BCUT2D eigenvalue weighted by Gasteiger charge is 2.33. The summed E-state index contributed by atoms with van der Waals surface area (Å²) >= 11 is 3.14. The predicted octanol–water partition coefficient (Wildman–Crippen LogP) is 7.85. The fourth-order valence-corrected chi connectivity index (χ4v) is 14.9. The Labute approximate surface area is 189 Å². The molecule has 0 saturated heterocycles. The topological polar surface area (TPSA) is 9.23 Å². The summed E-state index contributed by atoms with van der Waals surface area (Å²) in [5.74, 6) is 0. The largest absolute Gasteiger partial charge is 0.237 e. The fraction of sp³-hybridized carbons (Fsp3) is 0.500. The summed E-state index contributed by atoms with van der Waals surface area (Å²) < 4.78 is 6.22. The van der Waals surface area contributed by atoms with Crippen LogP contribution in [-0.4, -0.2) is 16.1 Å². The molecule has 0 aliphatic rings. The van der Waals surface area contributed by atoms with Crippen molar-refractivity contribution in [3.8, 4) is 0 Å². The summed E-state index contributed by atoms with van der Waals surface area (Å²) in [5.41, 5.74) is 0. The van der Waals surface area contributed by atoms with Crippen LogP contribution in [0.15, 0.2) is 58.3 Å². The predicted molar refractivity (Wildman–Crippen MR) is 139 cm³/mol. The van der Waals surface area contributed by atoms with Crippen LogP contribution in [0.25, 0.3) is 0 Å². The van der Waals surface area contributed by atoms with Gasteiger partial charge in [-0.3, -0.25) is 0 Å². The molecule has 2 rings (SSSR count). The van der Waals surface area contributed by atoms with Gasteiger partial charge in [-0.05, 0) is 22.5 Å². The zero-order valence-electron chi connectivity index (χ0n) is 19.1. The molecule has 5 heteroatoms. The minimum atomic E-state index is -1.43. The molecule has 0 spiro atoms. The van der Waals surface area contributed by atoms with Gasteiger partial charge in [-0.1, -0.05) is 114 Å². The minimum absolute atomic E-state index is 1.30.